The van der Waals surface area contributed by atoms with Crippen LogP contribution in [-0.4, -0.2) is 27.8 Å². The second kappa shape index (κ2) is 6.54. The number of amides is 1. The predicted molar refractivity (Wildman–Crippen MR) is 90.2 cm³/mol. The molecule has 0 spiro atoms. The molecule has 7 heteroatoms. The molecule has 1 atom stereocenters. The van der Waals surface area contributed by atoms with Crippen LogP contribution in [-0.2, 0) is 5.60 Å². The lowest BCUT2D eigenvalue weighted by atomic mass is 10.0. The number of benzene rings is 1. The molecule has 0 saturated heterocycles. The second-order valence-electron chi connectivity index (χ2n) is 5.60. The first-order chi connectivity index (χ1) is 11.5. The van der Waals surface area contributed by atoms with Gasteiger partial charge in [-0.2, -0.15) is 5.10 Å². The van der Waals surface area contributed by atoms with Crippen LogP contribution in [0.5, 0.6) is 0 Å². The third-order valence-electron chi connectivity index (χ3n) is 3.66. The lowest BCUT2D eigenvalue weighted by Crippen LogP contribution is -2.38. The van der Waals surface area contributed by atoms with E-state index >= 15 is 0 Å². The molecular formula is C17H16FN3O2S. The largest absolute Gasteiger partial charge is 0.383 e. The Labute approximate surface area is 142 Å². The third kappa shape index (κ3) is 3.37. The molecular weight excluding hydrogens is 329 g/mol. The van der Waals surface area contributed by atoms with Crippen LogP contribution in [0.2, 0.25) is 0 Å². The van der Waals surface area contributed by atoms with Gasteiger partial charge in [0.2, 0.25) is 0 Å². The first-order valence-corrected chi connectivity index (χ1v) is 8.19. The van der Waals surface area contributed by atoms with Crippen molar-refractivity contribution < 1.29 is 14.3 Å². The van der Waals surface area contributed by atoms with Crippen molar-refractivity contribution in [1.82, 2.24) is 15.5 Å². The van der Waals surface area contributed by atoms with Gasteiger partial charge in [-0.1, -0.05) is 6.07 Å². The van der Waals surface area contributed by atoms with E-state index in [-0.39, 0.29) is 18.3 Å². The number of H-pyrrole nitrogens is 1. The molecule has 24 heavy (non-hydrogen) atoms. The van der Waals surface area contributed by atoms with Gasteiger partial charge in [0.25, 0.3) is 5.91 Å². The summed E-state index contributed by atoms with van der Waals surface area (Å²) < 4.78 is 13.0. The number of hydrogen-bond donors (Lipinski definition) is 3. The summed E-state index contributed by atoms with van der Waals surface area (Å²) in [7, 11) is 0. The standard InChI is InChI=1S/C17H16FN3O2S/c1-17(23,14-3-2-8-24-14)10-19-16(22)13-9-20-21-15(13)11-4-6-12(18)7-5-11/h2-9,23H,10H2,1H3,(H,19,22)(H,20,21). The molecule has 2 heterocycles. The van der Waals surface area contributed by atoms with Gasteiger partial charge in [0.1, 0.15) is 11.4 Å². The van der Waals surface area contributed by atoms with Crippen molar-refractivity contribution in [2.75, 3.05) is 6.54 Å². The monoisotopic (exact) mass is 345 g/mol. The van der Waals surface area contributed by atoms with E-state index in [1.807, 2.05) is 17.5 Å². The number of carbonyl (C=O) groups excluding carboxylic acids is 1. The summed E-state index contributed by atoms with van der Waals surface area (Å²) in [5.74, 6) is -0.712. The molecule has 0 aliphatic carbocycles. The number of nitrogens with one attached hydrogen (secondary N) is 2. The lowest BCUT2D eigenvalue weighted by Gasteiger charge is -2.22. The zero-order valence-electron chi connectivity index (χ0n) is 12.9. The van der Waals surface area contributed by atoms with Crippen LogP contribution < -0.4 is 5.32 Å². The van der Waals surface area contributed by atoms with Crippen LogP contribution in [0.1, 0.15) is 22.2 Å². The zero-order chi connectivity index (χ0) is 17.2. The second-order valence-corrected chi connectivity index (χ2v) is 6.55. The molecule has 0 fully saturated rings. The molecule has 1 unspecified atom stereocenters. The Morgan fingerprint density at radius 2 is 2.12 bits per heavy atom. The predicted octanol–water partition coefficient (Wildman–Crippen LogP) is 2.91. The van der Waals surface area contributed by atoms with E-state index in [0.29, 0.717) is 16.8 Å². The molecule has 3 aromatic rings. The summed E-state index contributed by atoms with van der Waals surface area (Å²) in [6.45, 7) is 1.72. The Kier molecular flexibility index (Phi) is 4.46. The van der Waals surface area contributed by atoms with Crippen molar-refractivity contribution in [3.05, 3.63) is 64.2 Å². The Morgan fingerprint density at radius 1 is 1.38 bits per heavy atom. The van der Waals surface area contributed by atoms with Crippen LogP contribution >= 0.6 is 11.3 Å². The molecule has 0 bridgehead atoms. The molecule has 5 nitrogen and oxygen atoms in total. The van der Waals surface area contributed by atoms with Crippen molar-refractivity contribution in [2.45, 2.75) is 12.5 Å². The quantitative estimate of drug-likeness (QED) is 0.665. The molecule has 2 aromatic heterocycles. The van der Waals surface area contributed by atoms with Crippen LogP contribution in [0.15, 0.2) is 48.0 Å². The van der Waals surface area contributed by atoms with E-state index < -0.39 is 5.60 Å². The first-order valence-electron chi connectivity index (χ1n) is 7.31. The summed E-state index contributed by atoms with van der Waals surface area (Å²) >= 11 is 1.43. The van der Waals surface area contributed by atoms with Gasteiger partial charge in [-0.25, -0.2) is 4.39 Å². The number of carbonyl (C=O) groups is 1. The zero-order valence-corrected chi connectivity index (χ0v) is 13.7. The van der Waals surface area contributed by atoms with Crippen LogP contribution in [0.25, 0.3) is 11.3 Å². The molecule has 1 aromatic carbocycles. The normalized spacial score (nSPS) is 13.5. The number of aromatic amines is 1. The Balaban J connectivity index is 1.75. The molecule has 0 aliphatic rings. The van der Waals surface area contributed by atoms with Crippen molar-refractivity contribution in [2.24, 2.45) is 0 Å². The molecule has 3 N–H and O–H groups in total. The number of halogens is 1. The van der Waals surface area contributed by atoms with E-state index in [2.05, 4.69) is 15.5 Å². The summed E-state index contributed by atoms with van der Waals surface area (Å²) in [5, 5.41) is 21.7. The topological polar surface area (TPSA) is 78.0 Å². The summed E-state index contributed by atoms with van der Waals surface area (Å²) in [5.41, 5.74) is 0.347. The molecule has 0 radical (unpaired) electrons. The molecule has 124 valence electrons. The van der Waals surface area contributed by atoms with E-state index in [0.717, 1.165) is 4.88 Å². The van der Waals surface area contributed by atoms with Crippen LogP contribution in [0.3, 0.4) is 0 Å². The van der Waals surface area contributed by atoms with Gasteiger partial charge in [0, 0.05) is 10.4 Å². The lowest BCUT2D eigenvalue weighted by molar-refractivity contribution is 0.0557. The Hall–Kier alpha value is -2.51. The summed E-state index contributed by atoms with van der Waals surface area (Å²) in [6.07, 6.45) is 1.41. The highest BCUT2D eigenvalue weighted by atomic mass is 32.1. The van der Waals surface area contributed by atoms with E-state index in [4.69, 9.17) is 0 Å². The number of hydrogen-bond acceptors (Lipinski definition) is 4. The maximum atomic E-state index is 13.0. The minimum absolute atomic E-state index is 0.0698. The highest BCUT2D eigenvalue weighted by Gasteiger charge is 2.26. The van der Waals surface area contributed by atoms with Gasteiger partial charge in [-0.05, 0) is 42.6 Å². The molecule has 3 rings (SSSR count). The SMILES string of the molecule is CC(O)(CNC(=O)c1cn[nH]c1-c1ccc(F)cc1)c1cccs1. The number of aromatic nitrogens is 2. The van der Waals surface area contributed by atoms with Crippen molar-refractivity contribution >= 4 is 17.2 Å². The van der Waals surface area contributed by atoms with Gasteiger partial charge in [0.15, 0.2) is 0 Å². The van der Waals surface area contributed by atoms with Gasteiger partial charge in [0.05, 0.1) is 24.0 Å². The maximum absolute atomic E-state index is 13.0. The molecule has 0 aliphatic heterocycles. The minimum Gasteiger partial charge on any atom is -0.383 e. The number of aliphatic hydroxyl groups is 1. The fourth-order valence-corrected chi connectivity index (χ4v) is 3.10. The van der Waals surface area contributed by atoms with E-state index in [1.165, 1.54) is 29.7 Å². The Bertz CT molecular complexity index is 826. The summed E-state index contributed by atoms with van der Waals surface area (Å²) in [4.78, 5) is 13.2. The Morgan fingerprint density at radius 3 is 2.79 bits per heavy atom. The van der Waals surface area contributed by atoms with Gasteiger partial charge >= 0.3 is 0 Å². The smallest absolute Gasteiger partial charge is 0.255 e. The van der Waals surface area contributed by atoms with Gasteiger partial charge in [-0.15, -0.1) is 11.3 Å². The maximum Gasteiger partial charge on any atom is 0.255 e. The van der Waals surface area contributed by atoms with Gasteiger partial charge in [-0.3, -0.25) is 9.89 Å². The fourth-order valence-electron chi connectivity index (χ4n) is 2.31. The van der Waals surface area contributed by atoms with Crippen LogP contribution in [0, 0.1) is 5.82 Å². The van der Waals surface area contributed by atoms with Crippen molar-refractivity contribution in [3.8, 4) is 11.3 Å². The van der Waals surface area contributed by atoms with Crippen molar-refractivity contribution in [1.29, 1.82) is 0 Å². The fraction of sp³-hybridized carbons (Fsp3) is 0.176. The number of thiophene rings is 1. The highest BCUT2D eigenvalue weighted by Crippen LogP contribution is 2.25. The van der Waals surface area contributed by atoms with Crippen molar-refractivity contribution in [3.63, 3.8) is 0 Å². The van der Waals surface area contributed by atoms with Crippen LogP contribution in [0.4, 0.5) is 4.39 Å². The third-order valence-corrected chi connectivity index (χ3v) is 4.79. The molecule has 0 saturated carbocycles. The highest BCUT2D eigenvalue weighted by molar-refractivity contribution is 7.10. The number of nitrogens with zero attached hydrogens (tertiary/aromatic N) is 1. The first kappa shape index (κ1) is 16.4. The minimum atomic E-state index is -1.15. The van der Waals surface area contributed by atoms with Gasteiger partial charge < -0.3 is 10.4 Å². The van der Waals surface area contributed by atoms with E-state index in [9.17, 15) is 14.3 Å². The number of rotatable bonds is 5. The summed E-state index contributed by atoms with van der Waals surface area (Å²) in [6, 6.07) is 9.44. The molecule has 1 amide bonds. The van der Waals surface area contributed by atoms with E-state index in [1.54, 1.807) is 19.1 Å². The average molecular weight is 345 g/mol. The average Bonchev–Trinajstić information content (AvgIpc) is 3.25.